The van der Waals surface area contributed by atoms with Crippen molar-refractivity contribution in [3.63, 3.8) is 0 Å². The zero-order valence-corrected chi connectivity index (χ0v) is 27.2. The van der Waals surface area contributed by atoms with E-state index >= 15 is 0 Å². The molecule has 45 heavy (non-hydrogen) atoms. The van der Waals surface area contributed by atoms with E-state index in [9.17, 15) is 9.59 Å². The van der Waals surface area contributed by atoms with Crippen molar-refractivity contribution in [2.24, 2.45) is 4.99 Å². The molecule has 7 heteroatoms. The second-order valence-electron chi connectivity index (χ2n) is 12.4. The van der Waals surface area contributed by atoms with Crippen LogP contribution in [0.1, 0.15) is 53.4 Å². The van der Waals surface area contributed by atoms with E-state index < -0.39 is 11.7 Å². The minimum absolute atomic E-state index is 0.168. The van der Waals surface area contributed by atoms with Gasteiger partial charge in [-0.2, -0.15) is 4.99 Å². The quantitative estimate of drug-likeness (QED) is 0.140. The molecule has 0 aliphatic carbocycles. The molecule has 0 radical (unpaired) electrons. The fraction of sp³-hybridized carbons (Fsp3) is 0.289. The van der Waals surface area contributed by atoms with Crippen LogP contribution in [-0.4, -0.2) is 43.6 Å². The predicted octanol–water partition coefficient (Wildman–Crippen LogP) is 7.75. The van der Waals surface area contributed by atoms with Crippen molar-refractivity contribution in [1.82, 2.24) is 5.32 Å². The standard InChI is InChI=1S/C38H44N4O3/c1-28-16-20-30(21-17-28)24-33(25-39-36(43)32-12-8-7-9-13-32)42(27-40-37(44)45-38(3,4)5)35-15-11-10-14-34(35)41(6)26-31-22-18-29(2)19-23-31/h7-23,27,33H,24-26H2,1-6H3,(H,39,43). The monoisotopic (exact) mass is 604 g/mol. The lowest BCUT2D eigenvalue weighted by atomic mass is 10.0. The van der Waals surface area contributed by atoms with Crippen molar-refractivity contribution < 1.29 is 14.3 Å². The number of amides is 2. The van der Waals surface area contributed by atoms with E-state index in [1.165, 1.54) is 16.7 Å². The lowest BCUT2D eigenvalue weighted by Gasteiger charge is -2.34. The Morgan fingerprint density at radius 2 is 1.36 bits per heavy atom. The van der Waals surface area contributed by atoms with Gasteiger partial charge >= 0.3 is 6.09 Å². The highest BCUT2D eigenvalue weighted by atomic mass is 16.6. The average Bonchev–Trinajstić information content (AvgIpc) is 3.01. The van der Waals surface area contributed by atoms with Gasteiger partial charge in [-0.25, -0.2) is 4.79 Å². The number of benzene rings is 4. The van der Waals surface area contributed by atoms with E-state index in [2.05, 4.69) is 83.7 Å². The average molecular weight is 605 g/mol. The molecular weight excluding hydrogens is 560 g/mol. The summed E-state index contributed by atoms with van der Waals surface area (Å²) in [4.78, 5) is 34.4. The SMILES string of the molecule is Cc1ccc(CC(CNC(=O)c2ccccc2)N(C=NC(=O)OC(C)(C)C)c2ccccc2N(C)Cc2ccc(C)cc2)cc1. The molecule has 0 aromatic heterocycles. The number of hydrogen-bond donors (Lipinski definition) is 1. The van der Waals surface area contributed by atoms with Gasteiger partial charge in [0.1, 0.15) is 11.9 Å². The maximum atomic E-state index is 13.2. The summed E-state index contributed by atoms with van der Waals surface area (Å²) in [6, 6.07) is 33.8. The summed E-state index contributed by atoms with van der Waals surface area (Å²) in [5.41, 5.74) is 6.36. The van der Waals surface area contributed by atoms with Gasteiger partial charge in [-0.3, -0.25) is 4.79 Å². The van der Waals surface area contributed by atoms with E-state index in [0.29, 0.717) is 25.1 Å². The minimum atomic E-state index is -0.684. The number of nitrogens with one attached hydrogen (secondary N) is 1. The molecule has 4 aromatic carbocycles. The third kappa shape index (κ3) is 10.1. The van der Waals surface area contributed by atoms with Crippen LogP contribution >= 0.6 is 0 Å². The van der Waals surface area contributed by atoms with E-state index in [1.54, 1.807) is 18.5 Å². The maximum Gasteiger partial charge on any atom is 0.435 e. The number of carbonyl (C=O) groups excluding carboxylic acids is 2. The molecule has 234 valence electrons. The molecule has 4 aromatic rings. The minimum Gasteiger partial charge on any atom is -0.442 e. The Balaban J connectivity index is 1.74. The van der Waals surface area contributed by atoms with E-state index in [-0.39, 0.29) is 11.9 Å². The van der Waals surface area contributed by atoms with Crippen LogP contribution in [0.5, 0.6) is 0 Å². The Labute approximate surface area is 267 Å². The van der Waals surface area contributed by atoms with E-state index in [0.717, 1.165) is 16.9 Å². The van der Waals surface area contributed by atoms with Crippen molar-refractivity contribution in [3.8, 4) is 0 Å². The van der Waals surface area contributed by atoms with Crippen LogP contribution in [-0.2, 0) is 17.7 Å². The second-order valence-corrected chi connectivity index (χ2v) is 12.4. The van der Waals surface area contributed by atoms with Gasteiger partial charge in [0.15, 0.2) is 0 Å². The predicted molar refractivity (Wildman–Crippen MR) is 184 cm³/mol. The second kappa shape index (κ2) is 15.2. The Morgan fingerprint density at radius 3 is 1.96 bits per heavy atom. The number of aryl methyl sites for hydroxylation is 2. The molecule has 0 aliphatic heterocycles. The number of carbonyl (C=O) groups is 2. The zero-order valence-electron chi connectivity index (χ0n) is 27.2. The lowest BCUT2D eigenvalue weighted by molar-refractivity contribution is 0.0604. The van der Waals surface area contributed by atoms with Gasteiger partial charge in [0.2, 0.25) is 0 Å². The van der Waals surface area contributed by atoms with Crippen LogP contribution in [0.15, 0.2) is 108 Å². The first-order valence-corrected chi connectivity index (χ1v) is 15.3. The molecule has 0 heterocycles. The van der Waals surface area contributed by atoms with Gasteiger partial charge in [0.05, 0.1) is 17.4 Å². The molecule has 2 amide bonds. The largest absolute Gasteiger partial charge is 0.442 e. The Hall–Kier alpha value is -4.91. The topological polar surface area (TPSA) is 74.2 Å². The molecule has 1 N–H and O–H groups in total. The summed E-state index contributed by atoms with van der Waals surface area (Å²) in [6.45, 7) is 10.6. The third-order valence-corrected chi connectivity index (χ3v) is 7.31. The number of anilines is 2. The summed E-state index contributed by atoms with van der Waals surface area (Å²) < 4.78 is 5.51. The van der Waals surface area contributed by atoms with E-state index in [4.69, 9.17) is 4.74 Å². The number of rotatable bonds is 11. The van der Waals surface area contributed by atoms with Crippen molar-refractivity contribution >= 4 is 29.7 Å². The summed E-state index contributed by atoms with van der Waals surface area (Å²) in [7, 11) is 2.05. The summed E-state index contributed by atoms with van der Waals surface area (Å²) >= 11 is 0. The number of hydrogen-bond acceptors (Lipinski definition) is 4. The van der Waals surface area contributed by atoms with Crippen molar-refractivity contribution in [3.05, 3.63) is 131 Å². The van der Waals surface area contributed by atoms with Gasteiger partial charge in [-0.1, -0.05) is 90.0 Å². The van der Waals surface area contributed by atoms with Crippen LogP contribution in [0.25, 0.3) is 0 Å². The van der Waals surface area contributed by atoms with Gasteiger partial charge in [0.25, 0.3) is 5.91 Å². The summed E-state index contributed by atoms with van der Waals surface area (Å²) in [5.74, 6) is -0.168. The van der Waals surface area contributed by atoms with Crippen LogP contribution < -0.4 is 15.1 Å². The maximum absolute atomic E-state index is 13.2. The molecule has 0 saturated heterocycles. The number of nitrogens with zero attached hydrogens (tertiary/aromatic N) is 3. The molecule has 0 saturated carbocycles. The normalized spacial score (nSPS) is 12.0. The van der Waals surface area contributed by atoms with Gasteiger partial charge < -0.3 is 19.9 Å². The molecule has 7 nitrogen and oxygen atoms in total. The molecule has 0 aliphatic rings. The first-order valence-electron chi connectivity index (χ1n) is 15.3. The Kier molecular flexibility index (Phi) is 11.1. The zero-order chi connectivity index (χ0) is 32.4. The smallest absolute Gasteiger partial charge is 0.435 e. The fourth-order valence-corrected chi connectivity index (χ4v) is 4.98. The van der Waals surface area contributed by atoms with Crippen molar-refractivity contribution in [2.75, 3.05) is 23.4 Å². The first-order chi connectivity index (χ1) is 21.5. The highest BCUT2D eigenvalue weighted by Crippen LogP contribution is 2.31. The van der Waals surface area contributed by atoms with Crippen molar-refractivity contribution in [2.45, 2.75) is 59.2 Å². The van der Waals surface area contributed by atoms with Gasteiger partial charge in [0, 0.05) is 25.7 Å². The van der Waals surface area contributed by atoms with Crippen LogP contribution in [0.3, 0.4) is 0 Å². The molecule has 4 rings (SSSR count). The van der Waals surface area contributed by atoms with Crippen molar-refractivity contribution in [1.29, 1.82) is 0 Å². The highest BCUT2D eigenvalue weighted by molar-refractivity contribution is 5.95. The molecule has 1 atom stereocenters. The number of aliphatic imine (C=N–C) groups is 1. The Morgan fingerprint density at radius 1 is 0.800 bits per heavy atom. The van der Waals surface area contributed by atoms with Crippen LogP contribution in [0.2, 0.25) is 0 Å². The van der Waals surface area contributed by atoms with Crippen LogP contribution in [0, 0.1) is 13.8 Å². The van der Waals surface area contributed by atoms with Gasteiger partial charge in [-0.15, -0.1) is 0 Å². The molecule has 0 fully saturated rings. The Bertz CT molecular complexity index is 1580. The molecular formula is C38H44N4O3. The molecule has 0 spiro atoms. The van der Waals surface area contributed by atoms with E-state index in [1.807, 2.05) is 69.1 Å². The lowest BCUT2D eigenvalue weighted by Crippen LogP contribution is -2.45. The van der Waals surface area contributed by atoms with Gasteiger partial charge in [-0.05, 0) is 76.4 Å². The highest BCUT2D eigenvalue weighted by Gasteiger charge is 2.24. The first kappa shape index (κ1) is 33.0. The summed E-state index contributed by atoms with van der Waals surface area (Å²) in [5, 5.41) is 3.13. The third-order valence-electron chi connectivity index (χ3n) is 7.31. The number of ether oxygens (including phenoxy) is 1. The number of para-hydroxylation sites is 2. The fourth-order valence-electron chi connectivity index (χ4n) is 4.98. The summed E-state index contributed by atoms with van der Waals surface area (Å²) in [6.07, 6.45) is 1.45. The molecule has 0 bridgehead atoms. The van der Waals surface area contributed by atoms with Crippen LogP contribution in [0.4, 0.5) is 16.2 Å². The molecule has 1 unspecified atom stereocenters.